The topological polar surface area (TPSA) is 8.72 Å². The van der Waals surface area contributed by atoms with Crippen molar-refractivity contribution < 1.29 is 0 Å². The molecule has 0 aromatic heterocycles. The lowest BCUT2D eigenvalue weighted by atomic mass is 9.77. The molecular formula is C52H40N2S2. The predicted octanol–water partition coefficient (Wildman–Crippen LogP) is 11.3. The Kier molecular flexibility index (Phi) is 6.54. The summed E-state index contributed by atoms with van der Waals surface area (Å²) < 4.78 is 1.37. The average molecular weight is 757 g/mol. The van der Waals surface area contributed by atoms with E-state index in [9.17, 15) is 0 Å². The van der Waals surface area contributed by atoms with Gasteiger partial charge < -0.3 is 0 Å². The molecule has 6 aromatic rings. The first kappa shape index (κ1) is 34.0. The van der Waals surface area contributed by atoms with Crippen LogP contribution in [0.3, 0.4) is 0 Å². The molecule has 270 valence electrons. The second kappa shape index (κ2) is 10.8. The third kappa shape index (κ3) is 4.14. The summed E-state index contributed by atoms with van der Waals surface area (Å²) in [5, 5.41) is 12.7. The van der Waals surface area contributed by atoms with Gasteiger partial charge in [-0.05, 0) is 146 Å². The normalized spacial score (nSPS) is 18.0. The maximum atomic E-state index is 7.55. The van der Waals surface area contributed by atoms with Crippen molar-refractivity contribution in [3.8, 4) is 0 Å². The zero-order valence-electron chi connectivity index (χ0n) is 32.9. The Morgan fingerprint density at radius 2 is 0.750 bits per heavy atom. The molecule has 0 atom stereocenters. The Hall–Kier alpha value is -5.26. The van der Waals surface area contributed by atoms with Gasteiger partial charge in [-0.3, -0.25) is 0 Å². The van der Waals surface area contributed by atoms with Crippen molar-refractivity contribution in [3.05, 3.63) is 217 Å². The van der Waals surface area contributed by atoms with Crippen molar-refractivity contribution in [2.45, 2.75) is 86.8 Å². The number of hydrogen-bond donors (Lipinski definition) is 0. The van der Waals surface area contributed by atoms with E-state index in [0.29, 0.717) is 5.22 Å². The van der Waals surface area contributed by atoms with Crippen LogP contribution in [0.4, 0.5) is 0 Å². The van der Waals surface area contributed by atoms with E-state index in [1.54, 1.807) is 0 Å². The van der Waals surface area contributed by atoms with Gasteiger partial charge in [-0.15, -0.1) is 0 Å². The highest BCUT2D eigenvalue weighted by atomic mass is 32.2. The summed E-state index contributed by atoms with van der Waals surface area (Å²) >= 11 is 3.80. The first-order chi connectivity index (χ1) is 26.7. The highest BCUT2D eigenvalue weighted by Crippen LogP contribution is 2.52. The maximum Gasteiger partial charge on any atom is 0.526 e. The highest BCUT2D eigenvalue weighted by Gasteiger charge is 2.40. The summed E-state index contributed by atoms with van der Waals surface area (Å²) in [5.74, 6) is 0.130. The molecule has 0 bridgehead atoms. The van der Waals surface area contributed by atoms with Crippen LogP contribution in [0.1, 0.15) is 99.9 Å². The van der Waals surface area contributed by atoms with Crippen LogP contribution < -0.4 is 10.4 Å². The van der Waals surface area contributed by atoms with Gasteiger partial charge in [0.05, 0.1) is 9.46 Å². The Morgan fingerprint density at radius 3 is 1.14 bits per heavy atom. The lowest BCUT2D eigenvalue weighted by molar-refractivity contribution is 0.632. The molecule has 0 radical (unpaired) electrons. The van der Waals surface area contributed by atoms with Gasteiger partial charge in [0, 0.05) is 31.5 Å². The number of hydrogen-bond acceptors (Lipinski definition) is 2. The SMILES string of the molecule is [C-]#[N+]C([N+]#[C-])=c1ccc2c(c1)C(C)(C)c1cc3c(cc1=2)C(C)(C)c1cc2c(cc1=3)C(C)(C)c1cc3c(cc1=2)C(C)(C)c1cc(=C2Sc4ccccc4S2)ccc1=3. The van der Waals surface area contributed by atoms with Crippen molar-refractivity contribution in [2.75, 3.05) is 0 Å². The highest BCUT2D eigenvalue weighted by molar-refractivity contribution is 8.32. The van der Waals surface area contributed by atoms with Crippen LogP contribution in [-0.2, 0) is 21.7 Å². The van der Waals surface area contributed by atoms with Crippen molar-refractivity contribution in [2.24, 2.45) is 0 Å². The molecule has 4 aliphatic carbocycles. The monoisotopic (exact) mass is 756 g/mol. The van der Waals surface area contributed by atoms with Crippen molar-refractivity contribution in [1.29, 1.82) is 0 Å². The molecule has 0 fully saturated rings. The third-order valence-electron chi connectivity index (χ3n) is 14.0. The maximum absolute atomic E-state index is 7.55. The largest absolute Gasteiger partial charge is 0.526 e. The van der Waals surface area contributed by atoms with Gasteiger partial charge in [-0.2, -0.15) is 9.69 Å². The van der Waals surface area contributed by atoms with E-state index in [1.807, 2.05) is 29.6 Å². The molecule has 4 heteroatoms. The van der Waals surface area contributed by atoms with Crippen LogP contribution in [0, 0.1) is 54.9 Å². The lowest BCUT2D eigenvalue weighted by Crippen LogP contribution is -2.20. The van der Waals surface area contributed by atoms with Gasteiger partial charge in [0.25, 0.3) is 0 Å². The van der Waals surface area contributed by atoms with Crippen molar-refractivity contribution >= 4 is 33.6 Å². The molecular weight excluding hydrogens is 717 g/mol. The molecule has 0 unspecified atom stereocenters. The smallest absolute Gasteiger partial charge is 0.153 e. The zero-order chi connectivity index (χ0) is 38.8. The minimum atomic E-state index is -0.257. The number of thioether (sulfide) groups is 2. The van der Waals surface area contributed by atoms with Crippen LogP contribution in [-0.4, -0.2) is 0 Å². The number of benzene rings is 6. The Balaban J connectivity index is 1.14. The molecule has 6 aromatic carbocycles. The molecule has 0 saturated heterocycles. The van der Waals surface area contributed by atoms with E-state index in [2.05, 4.69) is 156 Å². The van der Waals surface area contributed by atoms with E-state index in [0.717, 1.165) is 0 Å². The number of rotatable bonds is 0. The molecule has 0 N–H and O–H groups in total. The van der Waals surface area contributed by atoms with Crippen LogP contribution in [0.2, 0.25) is 0 Å². The second-order valence-corrected chi connectivity index (χ2v) is 20.7. The van der Waals surface area contributed by atoms with E-state index < -0.39 is 0 Å². The molecule has 5 aliphatic rings. The van der Waals surface area contributed by atoms with E-state index in [4.69, 9.17) is 13.1 Å². The van der Waals surface area contributed by atoms with Gasteiger partial charge >= 0.3 is 5.82 Å². The zero-order valence-corrected chi connectivity index (χ0v) is 34.6. The van der Waals surface area contributed by atoms with Crippen LogP contribution in [0.25, 0.3) is 19.7 Å². The quantitative estimate of drug-likeness (QED) is 0.143. The van der Waals surface area contributed by atoms with E-state index >= 15 is 0 Å². The Bertz CT molecular complexity index is 3520. The van der Waals surface area contributed by atoms with Crippen LogP contribution in [0.15, 0.2) is 107 Å². The minimum absolute atomic E-state index is 0.119. The van der Waals surface area contributed by atoms with Gasteiger partial charge in [0.1, 0.15) is 13.1 Å². The second-order valence-electron chi connectivity index (χ2n) is 18.3. The van der Waals surface area contributed by atoms with E-state index in [1.165, 1.54) is 106 Å². The van der Waals surface area contributed by atoms with Crippen molar-refractivity contribution in [3.63, 3.8) is 0 Å². The molecule has 0 spiro atoms. The molecule has 11 rings (SSSR count). The first-order valence-electron chi connectivity index (χ1n) is 19.5. The first-order valence-corrected chi connectivity index (χ1v) is 21.1. The summed E-state index contributed by atoms with van der Waals surface area (Å²) in [4.78, 5) is 9.74. The fourth-order valence-electron chi connectivity index (χ4n) is 10.8. The Labute approximate surface area is 335 Å². The molecule has 56 heavy (non-hydrogen) atoms. The summed E-state index contributed by atoms with van der Waals surface area (Å²) in [6.45, 7) is 34.1. The minimum Gasteiger partial charge on any atom is -0.153 e. The summed E-state index contributed by atoms with van der Waals surface area (Å²) in [6, 6.07) is 37.2. The lowest BCUT2D eigenvalue weighted by Gasteiger charge is -2.26. The van der Waals surface area contributed by atoms with E-state index in [-0.39, 0.29) is 27.5 Å². The molecule has 1 aliphatic heterocycles. The standard InChI is InChI=1S/C52H40N2S2/c1-49(2)37-19-27(47(53-9)54-10)15-17-29(37)31-21-41-33(23-39(31)49)35-25-44-36(26-43(35)51(41,5)6)34-24-40-32(22-42(34)52(44,7)8)30-18-16-28(20-38(30)50(40,3)4)48-55-45-13-11-12-14-46(45)56-48/h11-26H,1-8H3. The average Bonchev–Trinajstić information content (AvgIpc) is 3.90. The van der Waals surface area contributed by atoms with Gasteiger partial charge in [0.2, 0.25) is 0 Å². The summed E-state index contributed by atoms with van der Waals surface area (Å²) in [5.41, 5.74) is 10.2. The number of fused-ring (bicyclic) bond motifs is 9. The predicted molar refractivity (Wildman–Crippen MR) is 229 cm³/mol. The van der Waals surface area contributed by atoms with Gasteiger partial charge in [-0.1, -0.05) is 121 Å². The van der Waals surface area contributed by atoms with Crippen LogP contribution >= 0.6 is 23.5 Å². The third-order valence-corrected chi connectivity index (χ3v) is 16.6. The number of nitrogens with zero attached hydrogens (tertiary/aromatic N) is 2. The summed E-state index contributed by atoms with van der Waals surface area (Å²) in [7, 11) is 0. The van der Waals surface area contributed by atoms with Crippen molar-refractivity contribution in [1.82, 2.24) is 0 Å². The molecule has 2 nitrogen and oxygen atoms in total. The molecule has 0 saturated carbocycles. The van der Waals surface area contributed by atoms with Gasteiger partial charge in [-0.25, -0.2) is 0 Å². The fraction of sp³-hybridized carbons (Fsp3) is 0.231. The fourth-order valence-corrected chi connectivity index (χ4v) is 13.3. The van der Waals surface area contributed by atoms with Crippen LogP contribution in [0.5, 0.6) is 0 Å². The molecule has 1 heterocycles. The van der Waals surface area contributed by atoms with Gasteiger partial charge in [0.15, 0.2) is 0 Å². The Morgan fingerprint density at radius 1 is 0.411 bits per heavy atom. The molecule has 0 amide bonds. The summed E-state index contributed by atoms with van der Waals surface area (Å²) in [6.07, 6.45) is 0.